The van der Waals surface area contributed by atoms with E-state index in [0.29, 0.717) is 6.04 Å². The van der Waals surface area contributed by atoms with Crippen molar-refractivity contribution in [1.82, 2.24) is 5.32 Å². The Morgan fingerprint density at radius 2 is 2.12 bits per heavy atom. The quantitative estimate of drug-likeness (QED) is 0.641. The molecule has 4 heteroatoms. The van der Waals surface area contributed by atoms with Crippen LogP contribution in [0, 0.1) is 16.7 Å². The Hall–Kier alpha value is -0.240. The molecule has 0 saturated heterocycles. The fraction of sp³-hybridized carbons (Fsp3) is 0.917. The third-order valence-corrected chi connectivity index (χ3v) is 3.95. The number of hydrogen-bond acceptors (Lipinski definition) is 4. The summed E-state index contributed by atoms with van der Waals surface area (Å²) in [6, 6.07) is 2.61. The molecule has 0 bridgehead atoms. The summed E-state index contributed by atoms with van der Waals surface area (Å²) in [4.78, 5) is 0. The molecule has 2 N–H and O–H groups in total. The van der Waals surface area contributed by atoms with Crippen LogP contribution >= 0.6 is 11.8 Å². The fourth-order valence-corrected chi connectivity index (χ4v) is 2.14. The van der Waals surface area contributed by atoms with E-state index in [-0.39, 0.29) is 17.3 Å². The summed E-state index contributed by atoms with van der Waals surface area (Å²) < 4.78 is 0. The molecule has 3 nitrogen and oxygen atoms in total. The van der Waals surface area contributed by atoms with Crippen LogP contribution in [0.15, 0.2) is 0 Å². The normalized spacial score (nSPS) is 15.5. The summed E-state index contributed by atoms with van der Waals surface area (Å²) >= 11 is 1.68. The molecule has 0 aromatic carbocycles. The van der Waals surface area contributed by atoms with Gasteiger partial charge in [-0.05, 0) is 46.4 Å². The molecule has 0 amide bonds. The second-order valence-corrected chi connectivity index (χ2v) is 5.88. The van der Waals surface area contributed by atoms with Crippen molar-refractivity contribution in [1.29, 1.82) is 5.26 Å². The monoisotopic (exact) mass is 244 g/mol. The lowest BCUT2D eigenvalue weighted by atomic mass is 9.90. The number of nitriles is 1. The van der Waals surface area contributed by atoms with Gasteiger partial charge in [0.25, 0.3) is 0 Å². The SMILES string of the molecule is CSC(CO)C(C)NCCCC(C)(C)C#N. The van der Waals surface area contributed by atoms with Gasteiger partial charge in [0.1, 0.15) is 0 Å². The highest BCUT2D eigenvalue weighted by Gasteiger charge is 2.17. The zero-order valence-electron chi connectivity index (χ0n) is 10.8. The predicted octanol–water partition coefficient (Wildman–Crippen LogP) is 2.02. The number of aliphatic hydroxyl groups is 1. The lowest BCUT2D eigenvalue weighted by Crippen LogP contribution is -2.38. The number of hydrogen-bond donors (Lipinski definition) is 2. The Balaban J connectivity index is 3.71. The summed E-state index contributed by atoms with van der Waals surface area (Å²) in [5.41, 5.74) is -0.221. The molecule has 94 valence electrons. The van der Waals surface area contributed by atoms with E-state index in [1.54, 1.807) is 11.8 Å². The van der Waals surface area contributed by atoms with E-state index >= 15 is 0 Å². The second-order valence-electron chi connectivity index (χ2n) is 4.80. The van der Waals surface area contributed by atoms with Gasteiger partial charge in [-0.25, -0.2) is 0 Å². The fourth-order valence-electron chi connectivity index (χ4n) is 1.48. The van der Waals surface area contributed by atoms with Gasteiger partial charge in [0.05, 0.1) is 18.1 Å². The van der Waals surface area contributed by atoms with Gasteiger partial charge in [-0.2, -0.15) is 17.0 Å². The highest BCUT2D eigenvalue weighted by molar-refractivity contribution is 7.99. The first-order valence-corrected chi connectivity index (χ1v) is 7.04. The van der Waals surface area contributed by atoms with E-state index in [9.17, 15) is 0 Å². The zero-order valence-corrected chi connectivity index (χ0v) is 11.6. The Morgan fingerprint density at radius 1 is 1.50 bits per heavy atom. The number of rotatable bonds is 8. The molecule has 16 heavy (non-hydrogen) atoms. The molecule has 0 spiro atoms. The van der Waals surface area contributed by atoms with Crippen LogP contribution in [-0.4, -0.2) is 35.8 Å². The van der Waals surface area contributed by atoms with Crippen molar-refractivity contribution < 1.29 is 5.11 Å². The van der Waals surface area contributed by atoms with Crippen molar-refractivity contribution in [2.75, 3.05) is 19.4 Å². The van der Waals surface area contributed by atoms with Crippen LogP contribution in [0.4, 0.5) is 0 Å². The van der Waals surface area contributed by atoms with Crippen LogP contribution in [0.3, 0.4) is 0 Å². The average molecular weight is 244 g/mol. The van der Waals surface area contributed by atoms with Gasteiger partial charge in [0.15, 0.2) is 0 Å². The van der Waals surface area contributed by atoms with E-state index in [4.69, 9.17) is 10.4 Å². The minimum Gasteiger partial charge on any atom is -0.395 e. The molecule has 0 radical (unpaired) electrons. The Kier molecular flexibility index (Phi) is 7.82. The minimum atomic E-state index is -0.221. The van der Waals surface area contributed by atoms with Gasteiger partial charge >= 0.3 is 0 Å². The summed E-state index contributed by atoms with van der Waals surface area (Å²) in [6.07, 6.45) is 3.92. The van der Waals surface area contributed by atoms with Crippen molar-refractivity contribution in [3.8, 4) is 6.07 Å². The van der Waals surface area contributed by atoms with Crippen molar-refractivity contribution in [2.45, 2.75) is 44.9 Å². The lowest BCUT2D eigenvalue weighted by Gasteiger charge is -2.22. The van der Waals surface area contributed by atoms with Gasteiger partial charge in [0.2, 0.25) is 0 Å². The maximum atomic E-state index is 9.12. The molecule has 0 aliphatic rings. The molecule has 0 aliphatic heterocycles. The van der Waals surface area contributed by atoms with Gasteiger partial charge < -0.3 is 10.4 Å². The average Bonchev–Trinajstić information content (AvgIpc) is 2.26. The molecule has 0 aromatic heterocycles. The van der Waals surface area contributed by atoms with Crippen LogP contribution in [0.2, 0.25) is 0 Å². The number of nitrogens with one attached hydrogen (secondary N) is 1. The van der Waals surface area contributed by atoms with E-state index in [1.807, 2.05) is 20.1 Å². The lowest BCUT2D eigenvalue weighted by molar-refractivity contribution is 0.275. The van der Waals surface area contributed by atoms with Crippen molar-refractivity contribution in [2.24, 2.45) is 5.41 Å². The van der Waals surface area contributed by atoms with Crippen molar-refractivity contribution in [3.05, 3.63) is 0 Å². The third kappa shape index (κ3) is 6.37. The van der Waals surface area contributed by atoms with Gasteiger partial charge in [-0.1, -0.05) is 0 Å². The Morgan fingerprint density at radius 3 is 2.56 bits per heavy atom. The standard InChI is InChI=1S/C12H24N2OS/c1-10(11(8-15)16-4)14-7-5-6-12(2,3)9-13/h10-11,14-15H,5-8H2,1-4H3. The van der Waals surface area contributed by atoms with E-state index in [0.717, 1.165) is 19.4 Å². The van der Waals surface area contributed by atoms with Gasteiger partial charge in [-0.15, -0.1) is 0 Å². The maximum Gasteiger partial charge on any atom is 0.0683 e. The largest absolute Gasteiger partial charge is 0.395 e. The molecule has 2 unspecified atom stereocenters. The summed E-state index contributed by atoms with van der Waals surface area (Å²) in [5.74, 6) is 0. The zero-order chi connectivity index (χ0) is 12.6. The maximum absolute atomic E-state index is 9.12. The van der Waals surface area contributed by atoms with Crippen LogP contribution < -0.4 is 5.32 Å². The molecule has 0 fully saturated rings. The Labute approximate surface area is 104 Å². The van der Waals surface area contributed by atoms with Crippen LogP contribution in [0.25, 0.3) is 0 Å². The smallest absolute Gasteiger partial charge is 0.0683 e. The first kappa shape index (κ1) is 15.8. The molecular weight excluding hydrogens is 220 g/mol. The molecule has 2 atom stereocenters. The third-order valence-electron chi connectivity index (χ3n) is 2.79. The van der Waals surface area contributed by atoms with Crippen LogP contribution in [0.5, 0.6) is 0 Å². The summed E-state index contributed by atoms with van der Waals surface area (Å²) in [5, 5.41) is 21.6. The van der Waals surface area contributed by atoms with E-state index in [2.05, 4.69) is 18.3 Å². The Bertz CT molecular complexity index is 222. The highest BCUT2D eigenvalue weighted by atomic mass is 32.2. The molecule has 0 saturated carbocycles. The van der Waals surface area contributed by atoms with Crippen molar-refractivity contribution in [3.63, 3.8) is 0 Å². The first-order chi connectivity index (χ1) is 7.46. The predicted molar refractivity (Wildman–Crippen MR) is 70.5 cm³/mol. The van der Waals surface area contributed by atoms with E-state index in [1.165, 1.54) is 0 Å². The van der Waals surface area contributed by atoms with Gasteiger partial charge in [-0.3, -0.25) is 0 Å². The number of thioether (sulfide) groups is 1. The van der Waals surface area contributed by atoms with Crippen LogP contribution in [0.1, 0.15) is 33.6 Å². The summed E-state index contributed by atoms with van der Waals surface area (Å²) in [7, 11) is 0. The van der Waals surface area contributed by atoms with Crippen molar-refractivity contribution >= 4 is 11.8 Å². The highest BCUT2D eigenvalue weighted by Crippen LogP contribution is 2.20. The van der Waals surface area contributed by atoms with E-state index < -0.39 is 0 Å². The van der Waals surface area contributed by atoms with Gasteiger partial charge in [0, 0.05) is 11.3 Å². The summed E-state index contributed by atoms with van der Waals surface area (Å²) in [6.45, 7) is 7.14. The molecule has 0 rings (SSSR count). The molecule has 0 aromatic rings. The molecule has 0 heterocycles. The van der Waals surface area contributed by atoms with Crippen LogP contribution in [-0.2, 0) is 0 Å². The number of aliphatic hydroxyl groups excluding tert-OH is 1. The molecule has 0 aliphatic carbocycles. The topological polar surface area (TPSA) is 56.0 Å². The minimum absolute atomic E-state index is 0.207. The first-order valence-electron chi connectivity index (χ1n) is 5.75. The second kappa shape index (κ2) is 7.94. The number of nitrogens with zero attached hydrogens (tertiary/aromatic N) is 1. The molecular formula is C12H24N2OS.